The van der Waals surface area contributed by atoms with E-state index in [1.165, 1.54) is 17.7 Å². The number of fused-ring (bicyclic) bond motifs is 1. The lowest BCUT2D eigenvalue weighted by Crippen LogP contribution is -2.32. The topological polar surface area (TPSA) is 18.5 Å². The Morgan fingerprint density at radius 3 is 2.24 bits per heavy atom. The minimum Gasteiger partial charge on any atom is -0.352 e. The van der Waals surface area contributed by atoms with E-state index in [2.05, 4.69) is 36.1 Å². The van der Waals surface area contributed by atoms with Gasteiger partial charge in [-0.1, -0.05) is 42.2 Å². The molecule has 0 radical (unpaired) electrons. The number of hydrogen-bond acceptors (Lipinski definition) is 2. The van der Waals surface area contributed by atoms with E-state index in [1.807, 2.05) is 25.1 Å². The minimum absolute atomic E-state index is 0.131. The summed E-state index contributed by atoms with van der Waals surface area (Å²) < 4.78 is 38.6. The lowest BCUT2D eigenvalue weighted by Gasteiger charge is -2.29. The molecule has 1 aliphatic rings. The van der Waals surface area contributed by atoms with Crippen molar-refractivity contribution in [1.82, 2.24) is 0 Å². The first kappa shape index (κ1) is 23.2. The van der Waals surface area contributed by atoms with Crippen molar-refractivity contribution >= 4 is 10.8 Å². The molecule has 33 heavy (non-hydrogen) atoms. The predicted molar refractivity (Wildman–Crippen MR) is 128 cm³/mol. The highest BCUT2D eigenvalue weighted by atomic mass is 19.2. The molecular formula is C29H28F2O2. The van der Waals surface area contributed by atoms with Gasteiger partial charge in [-0.15, -0.1) is 0 Å². The Morgan fingerprint density at radius 1 is 0.848 bits per heavy atom. The maximum absolute atomic E-state index is 13.5. The third-order valence-electron chi connectivity index (χ3n) is 5.87. The van der Waals surface area contributed by atoms with E-state index < -0.39 is 11.6 Å². The maximum atomic E-state index is 13.5. The molecular weight excluding hydrogens is 418 g/mol. The van der Waals surface area contributed by atoms with E-state index in [0.29, 0.717) is 16.7 Å². The zero-order chi connectivity index (χ0) is 23.0. The Bertz CT molecular complexity index is 1160. The van der Waals surface area contributed by atoms with E-state index in [1.54, 1.807) is 12.1 Å². The number of benzene rings is 3. The standard InChI is InChI=1S/C29H28F2O2/c1-2-3-4-5-24-19-32-29(33-20-24)15-13-22-8-6-21(7-9-22)10-11-23-12-14-25-17-27(30)28(31)18-26(25)16-23/h2-3,6-9,12,14,16-18,24,29H,4-5,13,15,19-20H2,1H3/b3-2+. The Balaban J connectivity index is 1.28. The van der Waals surface area contributed by atoms with Crippen LogP contribution in [0.3, 0.4) is 0 Å². The number of allylic oxidation sites excluding steroid dienone is 2. The van der Waals surface area contributed by atoms with Gasteiger partial charge in [-0.2, -0.15) is 0 Å². The van der Waals surface area contributed by atoms with Gasteiger partial charge >= 0.3 is 0 Å². The van der Waals surface area contributed by atoms with Crippen molar-refractivity contribution in [2.24, 2.45) is 5.92 Å². The van der Waals surface area contributed by atoms with Gasteiger partial charge < -0.3 is 9.47 Å². The molecule has 1 aliphatic heterocycles. The van der Waals surface area contributed by atoms with Gasteiger partial charge in [0, 0.05) is 23.5 Å². The molecule has 2 nitrogen and oxygen atoms in total. The molecule has 0 aliphatic carbocycles. The molecule has 0 spiro atoms. The fourth-order valence-electron chi connectivity index (χ4n) is 3.92. The van der Waals surface area contributed by atoms with E-state index in [0.717, 1.165) is 50.0 Å². The molecule has 0 unspecified atom stereocenters. The zero-order valence-electron chi connectivity index (χ0n) is 18.8. The monoisotopic (exact) mass is 446 g/mol. The Hall–Kier alpha value is -3.00. The van der Waals surface area contributed by atoms with Crippen molar-refractivity contribution in [1.29, 1.82) is 0 Å². The molecule has 0 saturated carbocycles. The summed E-state index contributed by atoms with van der Waals surface area (Å²) in [4.78, 5) is 0. The van der Waals surface area contributed by atoms with Crippen LogP contribution in [0.4, 0.5) is 8.78 Å². The second kappa shape index (κ2) is 11.2. The summed E-state index contributed by atoms with van der Waals surface area (Å²) in [5.74, 6) is 5.03. The van der Waals surface area contributed by atoms with Crippen molar-refractivity contribution in [2.45, 2.75) is 38.9 Å². The van der Waals surface area contributed by atoms with Crippen molar-refractivity contribution < 1.29 is 18.3 Å². The summed E-state index contributed by atoms with van der Waals surface area (Å²) in [6.45, 7) is 3.58. The largest absolute Gasteiger partial charge is 0.352 e. The van der Waals surface area contributed by atoms with Crippen LogP contribution < -0.4 is 0 Å². The molecule has 0 aromatic heterocycles. The molecule has 0 bridgehead atoms. The second-order valence-electron chi connectivity index (χ2n) is 8.42. The number of halogens is 2. The second-order valence-corrected chi connectivity index (χ2v) is 8.42. The summed E-state index contributed by atoms with van der Waals surface area (Å²) in [6.07, 6.45) is 8.04. The molecule has 0 N–H and O–H groups in total. The Morgan fingerprint density at radius 2 is 1.52 bits per heavy atom. The molecule has 4 heteroatoms. The van der Waals surface area contributed by atoms with Gasteiger partial charge in [-0.05, 0) is 78.9 Å². The Labute approximate surface area is 194 Å². The number of aryl methyl sites for hydroxylation is 1. The molecule has 0 atom stereocenters. The fraction of sp³-hybridized carbons (Fsp3) is 0.310. The van der Waals surface area contributed by atoms with Crippen LogP contribution in [0.5, 0.6) is 0 Å². The van der Waals surface area contributed by atoms with Crippen molar-refractivity contribution in [3.8, 4) is 11.8 Å². The first-order valence-electron chi connectivity index (χ1n) is 11.4. The van der Waals surface area contributed by atoms with Crippen LogP contribution in [-0.2, 0) is 15.9 Å². The highest BCUT2D eigenvalue weighted by Gasteiger charge is 2.21. The molecule has 0 amide bonds. The summed E-state index contributed by atoms with van der Waals surface area (Å²) >= 11 is 0. The average molecular weight is 447 g/mol. The van der Waals surface area contributed by atoms with Crippen molar-refractivity contribution in [3.05, 3.63) is 95.1 Å². The third kappa shape index (κ3) is 6.51. The summed E-state index contributed by atoms with van der Waals surface area (Å²) in [5.41, 5.74) is 2.87. The van der Waals surface area contributed by atoms with Crippen LogP contribution in [0.1, 0.15) is 42.9 Å². The molecule has 1 heterocycles. The van der Waals surface area contributed by atoms with Gasteiger partial charge in [-0.3, -0.25) is 0 Å². The van der Waals surface area contributed by atoms with E-state index >= 15 is 0 Å². The van der Waals surface area contributed by atoms with Gasteiger partial charge in [0.1, 0.15) is 0 Å². The van der Waals surface area contributed by atoms with Crippen LogP contribution in [-0.4, -0.2) is 19.5 Å². The normalized spacial score (nSPS) is 18.4. The van der Waals surface area contributed by atoms with Gasteiger partial charge in [0.25, 0.3) is 0 Å². The number of ether oxygens (including phenoxy) is 2. The molecule has 4 rings (SSSR count). The highest BCUT2D eigenvalue weighted by Crippen LogP contribution is 2.21. The molecule has 3 aromatic rings. The average Bonchev–Trinajstić information content (AvgIpc) is 2.84. The van der Waals surface area contributed by atoms with Gasteiger partial charge in [0.15, 0.2) is 17.9 Å². The summed E-state index contributed by atoms with van der Waals surface area (Å²) in [5, 5.41) is 1.28. The third-order valence-corrected chi connectivity index (χ3v) is 5.87. The van der Waals surface area contributed by atoms with Crippen molar-refractivity contribution in [3.63, 3.8) is 0 Å². The van der Waals surface area contributed by atoms with Gasteiger partial charge in [0.05, 0.1) is 13.2 Å². The zero-order valence-corrected chi connectivity index (χ0v) is 18.8. The predicted octanol–water partition coefficient (Wildman–Crippen LogP) is 6.80. The van der Waals surface area contributed by atoms with Crippen LogP contribution in [0.25, 0.3) is 10.8 Å². The summed E-state index contributed by atoms with van der Waals surface area (Å²) in [7, 11) is 0. The Kier molecular flexibility index (Phi) is 7.88. The van der Waals surface area contributed by atoms with E-state index in [4.69, 9.17) is 9.47 Å². The van der Waals surface area contributed by atoms with E-state index in [9.17, 15) is 8.78 Å². The van der Waals surface area contributed by atoms with Crippen LogP contribution in [0, 0.1) is 29.4 Å². The number of rotatable bonds is 6. The molecule has 1 saturated heterocycles. The maximum Gasteiger partial charge on any atom is 0.159 e. The van der Waals surface area contributed by atoms with Gasteiger partial charge in [0.2, 0.25) is 0 Å². The molecule has 1 fully saturated rings. The lowest BCUT2D eigenvalue weighted by molar-refractivity contribution is -0.203. The SMILES string of the molecule is C/C=C/CCC1COC(CCc2ccc(C#Cc3ccc4cc(F)c(F)cc4c3)cc2)OC1. The molecule has 3 aromatic carbocycles. The van der Waals surface area contributed by atoms with E-state index in [-0.39, 0.29) is 6.29 Å². The number of hydrogen-bond donors (Lipinski definition) is 0. The van der Waals surface area contributed by atoms with Crippen LogP contribution >= 0.6 is 0 Å². The van der Waals surface area contributed by atoms with Crippen LogP contribution in [0.15, 0.2) is 66.7 Å². The summed E-state index contributed by atoms with van der Waals surface area (Å²) in [6, 6.07) is 15.9. The van der Waals surface area contributed by atoms with Crippen LogP contribution in [0.2, 0.25) is 0 Å². The fourth-order valence-corrected chi connectivity index (χ4v) is 3.92. The first-order chi connectivity index (χ1) is 16.1. The highest BCUT2D eigenvalue weighted by molar-refractivity contribution is 5.84. The van der Waals surface area contributed by atoms with Gasteiger partial charge in [-0.25, -0.2) is 8.78 Å². The molecule has 170 valence electrons. The van der Waals surface area contributed by atoms with Crippen molar-refractivity contribution in [2.75, 3.05) is 13.2 Å². The first-order valence-corrected chi connectivity index (χ1v) is 11.4. The lowest BCUT2D eigenvalue weighted by atomic mass is 10.0. The minimum atomic E-state index is -0.851. The quantitative estimate of drug-likeness (QED) is 0.306. The smallest absolute Gasteiger partial charge is 0.159 e.